The van der Waals surface area contributed by atoms with Crippen molar-refractivity contribution in [3.05, 3.63) is 28.8 Å². The van der Waals surface area contributed by atoms with Gasteiger partial charge in [-0.05, 0) is 31.5 Å². The summed E-state index contributed by atoms with van der Waals surface area (Å²) in [7, 11) is 0. The Labute approximate surface area is 155 Å². The molecule has 1 atom stereocenters. The maximum Gasteiger partial charge on any atom is 0.418 e. The number of rotatable bonds is 3. The molecular formula is C17H21ClF3N3O2. The molecule has 1 heterocycles. The summed E-state index contributed by atoms with van der Waals surface area (Å²) in [4.78, 5) is 27.5. The van der Waals surface area contributed by atoms with Gasteiger partial charge >= 0.3 is 6.18 Å². The molecule has 2 amide bonds. The van der Waals surface area contributed by atoms with E-state index in [1.807, 2.05) is 4.90 Å². The molecule has 1 fully saturated rings. The van der Waals surface area contributed by atoms with Crippen LogP contribution in [0.1, 0.15) is 25.8 Å². The van der Waals surface area contributed by atoms with Crippen LogP contribution in [0, 0.1) is 0 Å². The molecule has 0 aromatic heterocycles. The molecule has 0 radical (unpaired) electrons. The molecule has 2 rings (SSSR count). The van der Waals surface area contributed by atoms with Crippen LogP contribution in [0.5, 0.6) is 0 Å². The first-order valence-corrected chi connectivity index (χ1v) is 8.64. The van der Waals surface area contributed by atoms with Crippen LogP contribution in [0.2, 0.25) is 5.02 Å². The van der Waals surface area contributed by atoms with Crippen LogP contribution in [0.3, 0.4) is 0 Å². The standard InChI is InChI=1S/C17H21ClF3N3O2/c1-11(23-6-3-7-24(9-8-23)12(2)25)16(26)22-15-5-4-13(18)10-14(15)17(19,20)21/h4-5,10-11H,3,6-9H2,1-2H3,(H,22,26). The number of hydrogen-bond donors (Lipinski definition) is 1. The van der Waals surface area contributed by atoms with Gasteiger partial charge in [0.25, 0.3) is 0 Å². The average Bonchev–Trinajstić information content (AvgIpc) is 2.81. The van der Waals surface area contributed by atoms with Gasteiger partial charge in [0.2, 0.25) is 11.8 Å². The predicted molar refractivity (Wildman–Crippen MR) is 93.0 cm³/mol. The fourth-order valence-electron chi connectivity index (χ4n) is 2.90. The van der Waals surface area contributed by atoms with Gasteiger partial charge in [-0.25, -0.2) is 0 Å². The van der Waals surface area contributed by atoms with Crippen LogP contribution in [-0.2, 0) is 15.8 Å². The van der Waals surface area contributed by atoms with Crippen molar-refractivity contribution in [2.24, 2.45) is 0 Å². The van der Waals surface area contributed by atoms with Crippen molar-refractivity contribution in [2.75, 3.05) is 31.5 Å². The molecule has 1 aliphatic heterocycles. The first-order valence-electron chi connectivity index (χ1n) is 8.26. The predicted octanol–water partition coefficient (Wildman–Crippen LogP) is 3.24. The van der Waals surface area contributed by atoms with Crippen LogP contribution in [0.25, 0.3) is 0 Å². The fraction of sp³-hybridized carbons (Fsp3) is 0.529. The van der Waals surface area contributed by atoms with E-state index in [2.05, 4.69) is 5.32 Å². The van der Waals surface area contributed by atoms with Gasteiger partial charge in [-0.1, -0.05) is 11.6 Å². The Hall–Kier alpha value is -1.80. The fourth-order valence-corrected chi connectivity index (χ4v) is 3.07. The molecule has 0 bridgehead atoms. The Balaban J connectivity index is 2.09. The number of alkyl halides is 3. The molecule has 0 spiro atoms. The second kappa shape index (κ2) is 8.26. The summed E-state index contributed by atoms with van der Waals surface area (Å²) in [5.41, 5.74) is -1.30. The third-order valence-electron chi connectivity index (χ3n) is 4.45. The van der Waals surface area contributed by atoms with Crippen molar-refractivity contribution < 1.29 is 22.8 Å². The number of carbonyl (C=O) groups excluding carboxylic acids is 2. The summed E-state index contributed by atoms with van der Waals surface area (Å²) in [6, 6.07) is 2.61. The third kappa shape index (κ3) is 5.11. The van der Waals surface area contributed by atoms with Gasteiger partial charge in [0.1, 0.15) is 0 Å². The highest BCUT2D eigenvalue weighted by Crippen LogP contribution is 2.36. The van der Waals surface area contributed by atoms with E-state index in [0.717, 1.165) is 12.1 Å². The summed E-state index contributed by atoms with van der Waals surface area (Å²) in [6.45, 7) is 5.30. The number of nitrogens with zero attached hydrogens (tertiary/aromatic N) is 2. The number of amides is 2. The lowest BCUT2D eigenvalue weighted by molar-refractivity contribution is -0.137. The van der Waals surface area contributed by atoms with E-state index in [1.165, 1.54) is 13.0 Å². The van der Waals surface area contributed by atoms with Gasteiger partial charge in [0.05, 0.1) is 17.3 Å². The van der Waals surface area contributed by atoms with E-state index in [4.69, 9.17) is 11.6 Å². The van der Waals surface area contributed by atoms with Gasteiger partial charge in [-0.2, -0.15) is 13.2 Å². The highest BCUT2D eigenvalue weighted by atomic mass is 35.5. The second-order valence-electron chi connectivity index (χ2n) is 6.25. The Bertz CT molecular complexity index is 682. The maximum atomic E-state index is 13.1. The first-order chi connectivity index (χ1) is 12.1. The molecule has 0 aliphatic carbocycles. The number of benzene rings is 1. The van der Waals surface area contributed by atoms with Gasteiger partial charge in [-0.3, -0.25) is 14.5 Å². The Morgan fingerprint density at radius 3 is 2.50 bits per heavy atom. The minimum Gasteiger partial charge on any atom is -0.342 e. The number of anilines is 1. The normalized spacial score (nSPS) is 17.5. The van der Waals surface area contributed by atoms with E-state index in [1.54, 1.807) is 11.8 Å². The van der Waals surface area contributed by atoms with Crippen molar-refractivity contribution in [1.29, 1.82) is 0 Å². The zero-order valence-electron chi connectivity index (χ0n) is 14.6. The van der Waals surface area contributed by atoms with E-state index in [0.29, 0.717) is 32.6 Å². The topological polar surface area (TPSA) is 52.7 Å². The number of nitrogens with one attached hydrogen (secondary N) is 1. The Morgan fingerprint density at radius 1 is 1.19 bits per heavy atom. The smallest absolute Gasteiger partial charge is 0.342 e. The van der Waals surface area contributed by atoms with Crippen molar-refractivity contribution in [3.8, 4) is 0 Å². The van der Waals surface area contributed by atoms with Crippen molar-refractivity contribution >= 4 is 29.1 Å². The molecule has 26 heavy (non-hydrogen) atoms. The number of carbonyl (C=O) groups is 2. The molecule has 1 aromatic carbocycles. The van der Waals surface area contributed by atoms with E-state index < -0.39 is 23.7 Å². The zero-order chi connectivity index (χ0) is 19.5. The highest BCUT2D eigenvalue weighted by Gasteiger charge is 2.35. The minimum absolute atomic E-state index is 0.0278. The summed E-state index contributed by atoms with van der Waals surface area (Å²) >= 11 is 5.65. The minimum atomic E-state index is -4.62. The van der Waals surface area contributed by atoms with Crippen LogP contribution in [0.15, 0.2) is 18.2 Å². The molecule has 9 heteroatoms. The monoisotopic (exact) mass is 391 g/mol. The second-order valence-corrected chi connectivity index (χ2v) is 6.68. The number of hydrogen-bond acceptors (Lipinski definition) is 3. The van der Waals surface area contributed by atoms with E-state index in [-0.39, 0.29) is 16.6 Å². The Morgan fingerprint density at radius 2 is 1.88 bits per heavy atom. The molecule has 1 aliphatic rings. The lowest BCUT2D eigenvalue weighted by Gasteiger charge is -2.27. The molecule has 1 aromatic rings. The van der Waals surface area contributed by atoms with Gasteiger partial charge in [-0.15, -0.1) is 0 Å². The van der Waals surface area contributed by atoms with Crippen molar-refractivity contribution in [2.45, 2.75) is 32.5 Å². The summed E-state index contributed by atoms with van der Waals surface area (Å²) in [5, 5.41) is 2.30. The molecule has 5 nitrogen and oxygen atoms in total. The molecule has 0 saturated carbocycles. The van der Waals surface area contributed by atoms with Crippen LogP contribution >= 0.6 is 11.6 Å². The quantitative estimate of drug-likeness (QED) is 0.860. The lowest BCUT2D eigenvalue weighted by Crippen LogP contribution is -2.44. The van der Waals surface area contributed by atoms with Gasteiger partial charge in [0.15, 0.2) is 0 Å². The Kier molecular flexibility index (Phi) is 6.52. The summed E-state index contributed by atoms with van der Waals surface area (Å²) < 4.78 is 39.4. The lowest BCUT2D eigenvalue weighted by atomic mass is 10.1. The largest absolute Gasteiger partial charge is 0.418 e. The van der Waals surface area contributed by atoms with Gasteiger partial charge in [0, 0.05) is 38.1 Å². The van der Waals surface area contributed by atoms with Crippen molar-refractivity contribution in [1.82, 2.24) is 9.80 Å². The maximum absolute atomic E-state index is 13.1. The average molecular weight is 392 g/mol. The molecule has 1 N–H and O–H groups in total. The summed E-state index contributed by atoms with van der Waals surface area (Å²) in [5.74, 6) is -0.561. The van der Waals surface area contributed by atoms with Crippen LogP contribution in [-0.4, -0.2) is 53.8 Å². The number of halogens is 4. The van der Waals surface area contributed by atoms with Gasteiger partial charge < -0.3 is 10.2 Å². The molecular weight excluding hydrogens is 371 g/mol. The highest BCUT2D eigenvalue weighted by molar-refractivity contribution is 6.30. The molecule has 144 valence electrons. The first kappa shape index (κ1) is 20.5. The third-order valence-corrected chi connectivity index (χ3v) is 4.68. The van der Waals surface area contributed by atoms with E-state index in [9.17, 15) is 22.8 Å². The zero-order valence-corrected chi connectivity index (χ0v) is 15.3. The van der Waals surface area contributed by atoms with Crippen LogP contribution < -0.4 is 5.32 Å². The van der Waals surface area contributed by atoms with Crippen LogP contribution in [0.4, 0.5) is 18.9 Å². The molecule has 1 saturated heterocycles. The van der Waals surface area contributed by atoms with E-state index >= 15 is 0 Å². The molecule has 1 unspecified atom stereocenters. The van der Waals surface area contributed by atoms with Crippen molar-refractivity contribution in [3.63, 3.8) is 0 Å². The SMILES string of the molecule is CC(=O)N1CCCN(C(C)C(=O)Nc2ccc(Cl)cc2C(F)(F)F)CC1. The summed E-state index contributed by atoms with van der Waals surface area (Å²) in [6.07, 6.45) is -3.92.